The van der Waals surface area contributed by atoms with E-state index in [-0.39, 0.29) is 0 Å². The quantitative estimate of drug-likeness (QED) is 0.130. The molecule has 0 spiro atoms. The zero-order valence-electron chi connectivity index (χ0n) is 18.9. The zero-order chi connectivity index (χ0) is 24.0. The van der Waals surface area contributed by atoms with Gasteiger partial charge in [0.1, 0.15) is 5.25 Å². The standard InChI is InChI=1S/C28H23S.BF4/c1-29(2)25-16-18-7-3-11-21(15-18)27-23-13-5-8-19-9-6-14-24(26(19)23)28(27)22-12-4-10-20(25)17-22;2-1(3,4)5/h3-15,17,25H,16H2,1-2H3;/q+1;-1. The molecule has 2 aliphatic carbocycles. The van der Waals surface area contributed by atoms with Gasteiger partial charge in [0.25, 0.3) is 0 Å². The highest BCUT2D eigenvalue weighted by Crippen LogP contribution is 2.48. The lowest BCUT2D eigenvalue weighted by Gasteiger charge is -2.20. The Kier molecular flexibility index (Phi) is 5.81. The second kappa shape index (κ2) is 8.66. The van der Waals surface area contributed by atoms with Gasteiger partial charge in [0, 0.05) is 12.0 Å². The minimum atomic E-state index is -6.00. The van der Waals surface area contributed by atoms with Crippen molar-refractivity contribution in [1.29, 1.82) is 0 Å². The molecule has 0 N–H and O–H groups in total. The van der Waals surface area contributed by atoms with Gasteiger partial charge in [0.15, 0.2) is 0 Å². The van der Waals surface area contributed by atoms with Gasteiger partial charge in [-0.05, 0) is 66.7 Å². The number of hydrogen-bond acceptors (Lipinski definition) is 0. The molecule has 4 aromatic carbocycles. The average Bonchev–Trinajstić information content (AvgIpc) is 3.12. The molecular weight excluding hydrogens is 455 g/mol. The molecule has 172 valence electrons. The first-order valence-corrected chi connectivity index (χ1v) is 13.2. The van der Waals surface area contributed by atoms with Crippen LogP contribution in [0.5, 0.6) is 0 Å². The Balaban J connectivity index is 0.000000439. The maximum atomic E-state index is 9.75. The van der Waals surface area contributed by atoms with E-state index in [4.69, 9.17) is 0 Å². The van der Waals surface area contributed by atoms with Crippen molar-refractivity contribution in [3.05, 3.63) is 118 Å². The number of hydrogen-bond donors (Lipinski definition) is 0. The predicted molar refractivity (Wildman–Crippen MR) is 138 cm³/mol. The van der Waals surface area contributed by atoms with Crippen LogP contribution in [0.4, 0.5) is 17.3 Å². The molecule has 0 amide bonds. The van der Waals surface area contributed by atoms with Crippen LogP contribution >= 0.6 is 0 Å². The van der Waals surface area contributed by atoms with E-state index in [1.807, 2.05) is 0 Å². The third-order valence-electron chi connectivity index (χ3n) is 6.45. The normalized spacial score (nSPS) is 16.3. The van der Waals surface area contributed by atoms with E-state index >= 15 is 0 Å². The smallest absolute Gasteiger partial charge is 0.418 e. The Morgan fingerprint density at radius 2 is 1.24 bits per heavy atom. The monoisotopic (exact) mass is 478 g/mol. The van der Waals surface area contributed by atoms with E-state index in [2.05, 4.69) is 97.4 Å². The van der Waals surface area contributed by atoms with Crippen molar-refractivity contribution in [1.82, 2.24) is 0 Å². The zero-order valence-corrected chi connectivity index (χ0v) is 19.7. The molecular formula is C28H23BF4S. The topological polar surface area (TPSA) is 0 Å². The molecule has 0 aromatic heterocycles. The van der Waals surface area contributed by atoms with Crippen LogP contribution in [0.2, 0.25) is 0 Å². The first-order valence-electron chi connectivity index (χ1n) is 11.1. The second-order valence-electron chi connectivity index (χ2n) is 8.85. The van der Waals surface area contributed by atoms with Gasteiger partial charge >= 0.3 is 7.25 Å². The van der Waals surface area contributed by atoms with Crippen molar-refractivity contribution < 1.29 is 17.3 Å². The van der Waals surface area contributed by atoms with Gasteiger partial charge in [-0.2, -0.15) is 0 Å². The van der Waals surface area contributed by atoms with E-state index in [1.165, 1.54) is 55.3 Å². The summed E-state index contributed by atoms with van der Waals surface area (Å²) >= 11 is 0. The molecule has 34 heavy (non-hydrogen) atoms. The molecule has 0 nitrogen and oxygen atoms in total. The first-order chi connectivity index (χ1) is 16.2. The largest absolute Gasteiger partial charge is 0.673 e. The van der Waals surface area contributed by atoms with E-state index in [9.17, 15) is 17.3 Å². The molecule has 4 aromatic rings. The summed E-state index contributed by atoms with van der Waals surface area (Å²) in [5.74, 6) is 0. The minimum Gasteiger partial charge on any atom is -0.418 e. The summed E-state index contributed by atoms with van der Waals surface area (Å²) in [5.41, 5.74) is 11.1. The van der Waals surface area contributed by atoms with Gasteiger partial charge in [0.2, 0.25) is 0 Å². The van der Waals surface area contributed by atoms with Crippen LogP contribution in [-0.4, -0.2) is 19.8 Å². The lowest BCUT2D eigenvalue weighted by molar-refractivity contribution is 0.368. The summed E-state index contributed by atoms with van der Waals surface area (Å²) in [4.78, 5) is 0. The summed E-state index contributed by atoms with van der Waals surface area (Å²) in [6.45, 7) is 0. The van der Waals surface area contributed by atoms with Crippen LogP contribution < -0.4 is 0 Å². The van der Waals surface area contributed by atoms with Crippen molar-refractivity contribution in [3.63, 3.8) is 0 Å². The molecule has 6 heteroatoms. The Hall–Kier alpha value is -2.99. The number of benzene rings is 4. The predicted octanol–water partition coefficient (Wildman–Crippen LogP) is 7.94. The summed E-state index contributed by atoms with van der Waals surface area (Å²) in [6.07, 6.45) is 5.86. The van der Waals surface area contributed by atoms with E-state index in [0.29, 0.717) is 16.1 Å². The van der Waals surface area contributed by atoms with Crippen molar-refractivity contribution >= 4 is 40.1 Å². The van der Waals surface area contributed by atoms with Crippen LogP contribution in [0.25, 0.3) is 21.9 Å². The SMILES string of the molecule is C[S+](C)C1Cc2cccc(c2)C2=C(c3cccc1c3)c1cccc3cccc2c13.F[B-](F)(F)F. The maximum absolute atomic E-state index is 9.75. The minimum absolute atomic E-state index is 0.313. The fourth-order valence-electron chi connectivity index (χ4n) is 5.15. The summed E-state index contributed by atoms with van der Waals surface area (Å²) < 4.78 is 39.0. The van der Waals surface area contributed by atoms with Crippen LogP contribution in [-0.2, 0) is 17.3 Å². The van der Waals surface area contributed by atoms with Gasteiger partial charge in [-0.25, -0.2) is 0 Å². The Labute approximate surface area is 199 Å². The molecule has 1 unspecified atom stereocenters. The molecule has 0 saturated carbocycles. The second-order valence-corrected chi connectivity index (χ2v) is 11.2. The molecule has 0 saturated heterocycles. The highest BCUT2D eigenvalue weighted by molar-refractivity contribution is 7.95. The third-order valence-corrected chi connectivity index (χ3v) is 8.02. The molecule has 2 aliphatic rings. The highest BCUT2D eigenvalue weighted by atomic mass is 32.2. The van der Waals surface area contributed by atoms with Gasteiger partial charge in [-0.15, -0.1) is 0 Å². The summed E-state index contributed by atoms with van der Waals surface area (Å²) in [7, 11) is -5.69. The third kappa shape index (κ3) is 4.27. The molecule has 6 rings (SSSR count). The van der Waals surface area contributed by atoms with Crippen LogP contribution in [0.3, 0.4) is 0 Å². The van der Waals surface area contributed by atoms with Crippen LogP contribution in [0.1, 0.15) is 38.6 Å². The van der Waals surface area contributed by atoms with Crippen molar-refractivity contribution in [2.45, 2.75) is 11.7 Å². The van der Waals surface area contributed by atoms with Crippen molar-refractivity contribution in [3.8, 4) is 0 Å². The van der Waals surface area contributed by atoms with Gasteiger partial charge in [0.05, 0.1) is 12.5 Å². The van der Waals surface area contributed by atoms with E-state index in [0.717, 1.165) is 6.42 Å². The molecule has 4 bridgehead atoms. The number of rotatable bonds is 1. The molecule has 0 fully saturated rings. The fourth-order valence-corrected chi connectivity index (χ4v) is 6.36. The summed E-state index contributed by atoms with van der Waals surface area (Å²) in [5, 5.41) is 3.29. The molecule has 0 aliphatic heterocycles. The molecule has 0 radical (unpaired) electrons. The first kappa shape index (κ1) is 22.8. The van der Waals surface area contributed by atoms with Gasteiger partial charge in [-0.1, -0.05) is 78.9 Å². The van der Waals surface area contributed by atoms with Gasteiger partial charge < -0.3 is 17.3 Å². The van der Waals surface area contributed by atoms with E-state index < -0.39 is 7.25 Å². The Morgan fingerprint density at radius 1 is 0.706 bits per heavy atom. The van der Waals surface area contributed by atoms with Crippen molar-refractivity contribution in [2.24, 2.45) is 0 Å². The van der Waals surface area contributed by atoms with E-state index in [1.54, 1.807) is 0 Å². The molecule has 0 heterocycles. The Bertz CT molecular complexity index is 1410. The average molecular weight is 478 g/mol. The van der Waals surface area contributed by atoms with Crippen LogP contribution in [0, 0.1) is 0 Å². The number of fused-ring (bicyclic) bond motifs is 8. The lowest BCUT2D eigenvalue weighted by atomic mass is 9.88. The maximum Gasteiger partial charge on any atom is 0.673 e. The number of halogens is 4. The molecule has 1 atom stereocenters. The fraction of sp³-hybridized carbons (Fsp3) is 0.143. The highest BCUT2D eigenvalue weighted by Gasteiger charge is 2.30. The summed E-state index contributed by atoms with van der Waals surface area (Å²) in [6, 6.07) is 32.1. The van der Waals surface area contributed by atoms with Crippen molar-refractivity contribution in [2.75, 3.05) is 12.5 Å². The Morgan fingerprint density at radius 3 is 1.82 bits per heavy atom. The lowest BCUT2D eigenvalue weighted by Crippen LogP contribution is -2.14. The van der Waals surface area contributed by atoms with Gasteiger partial charge in [-0.3, -0.25) is 0 Å². The van der Waals surface area contributed by atoms with Crippen LogP contribution in [0.15, 0.2) is 84.9 Å².